The summed E-state index contributed by atoms with van der Waals surface area (Å²) in [5.74, 6) is 1.02. The van der Waals surface area contributed by atoms with Gasteiger partial charge in [-0.25, -0.2) is 0 Å². The van der Waals surface area contributed by atoms with Gasteiger partial charge in [0.25, 0.3) is 0 Å². The van der Waals surface area contributed by atoms with Crippen LogP contribution in [0.2, 0.25) is 0 Å². The fourth-order valence-electron chi connectivity index (χ4n) is 1.46. The molecule has 0 aromatic carbocycles. The Kier molecular flexibility index (Phi) is 6.31. The molecule has 0 aliphatic heterocycles. The molecule has 1 rings (SSSR count). The Balaban J connectivity index is 2.58. The highest BCUT2D eigenvalue weighted by molar-refractivity contribution is 7.99. The average molecular weight is 281 g/mol. The monoisotopic (exact) mass is 281 g/mol. The van der Waals surface area contributed by atoms with Crippen LogP contribution in [0.4, 0.5) is 0 Å². The predicted molar refractivity (Wildman–Crippen MR) is 76.6 cm³/mol. The number of amides is 1. The quantitative estimate of drug-likeness (QED) is 0.557. The second kappa shape index (κ2) is 7.75. The van der Waals surface area contributed by atoms with Gasteiger partial charge in [0.05, 0.1) is 12.3 Å². The molecule has 0 aliphatic rings. The van der Waals surface area contributed by atoms with Crippen LogP contribution in [0, 0.1) is 0 Å². The van der Waals surface area contributed by atoms with Gasteiger partial charge in [-0.05, 0) is 0 Å². The van der Waals surface area contributed by atoms with Crippen LogP contribution in [0.1, 0.15) is 5.82 Å². The third kappa shape index (κ3) is 4.22. The second-order valence-electron chi connectivity index (χ2n) is 3.83. The molecule has 6 nitrogen and oxygen atoms in total. The topological polar surface area (TPSA) is 77.0 Å². The number of nitrogens with two attached hydrogens (primary N) is 1. The lowest BCUT2D eigenvalue weighted by Gasteiger charge is -2.18. The summed E-state index contributed by atoms with van der Waals surface area (Å²) in [6.07, 6.45) is 3.39. The Labute approximate surface area is 117 Å². The summed E-state index contributed by atoms with van der Waals surface area (Å²) in [4.78, 5) is 13.7. The molecular formula is C12H19N5OS. The number of hydrogen-bond acceptors (Lipinski definition) is 5. The van der Waals surface area contributed by atoms with Gasteiger partial charge >= 0.3 is 0 Å². The van der Waals surface area contributed by atoms with Gasteiger partial charge in [-0.3, -0.25) is 4.79 Å². The summed E-state index contributed by atoms with van der Waals surface area (Å²) in [6.45, 7) is 8.63. The maximum Gasteiger partial charge on any atom is 0.233 e. The van der Waals surface area contributed by atoms with Crippen molar-refractivity contribution in [2.75, 3.05) is 18.8 Å². The van der Waals surface area contributed by atoms with Gasteiger partial charge in [-0.1, -0.05) is 23.9 Å². The van der Waals surface area contributed by atoms with Gasteiger partial charge in [0.2, 0.25) is 5.91 Å². The van der Waals surface area contributed by atoms with Crippen LogP contribution in [0.5, 0.6) is 0 Å². The number of hydrogen-bond donors (Lipinski definition) is 1. The Morgan fingerprint density at radius 3 is 2.53 bits per heavy atom. The largest absolute Gasteiger partial charge is 0.335 e. The van der Waals surface area contributed by atoms with Crippen molar-refractivity contribution in [1.29, 1.82) is 0 Å². The van der Waals surface area contributed by atoms with Crippen molar-refractivity contribution in [2.24, 2.45) is 12.8 Å². The first-order valence-corrected chi connectivity index (χ1v) is 6.83. The van der Waals surface area contributed by atoms with Crippen molar-refractivity contribution >= 4 is 17.7 Å². The van der Waals surface area contributed by atoms with E-state index in [2.05, 4.69) is 23.4 Å². The van der Waals surface area contributed by atoms with E-state index in [0.29, 0.717) is 36.4 Å². The second-order valence-corrected chi connectivity index (χ2v) is 4.77. The highest BCUT2D eigenvalue weighted by Crippen LogP contribution is 2.16. The molecule has 2 N–H and O–H groups in total. The third-order valence-corrected chi connectivity index (χ3v) is 3.49. The van der Waals surface area contributed by atoms with E-state index in [4.69, 9.17) is 5.73 Å². The van der Waals surface area contributed by atoms with E-state index in [1.807, 2.05) is 7.05 Å². The molecule has 0 saturated heterocycles. The lowest BCUT2D eigenvalue weighted by atomic mass is 10.4. The van der Waals surface area contributed by atoms with Crippen LogP contribution in [-0.4, -0.2) is 44.4 Å². The maximum absolute atomic E-state index is 12.0. The Bertz CT molecular complexity index is 447. The highest BCUT2D eigenvalue weighted by Gasteiger charge is 2.14. The summed E-state index contributed by atoms with van der Waals surface area (Å²) in [6, 6.07) is 0. The van der Waals surface area contributed by atoms with Crippen LogP contribution in [-0.2, 0) is 18.4 Å². The van der Waals surface area contributed by atoms with Gasteiger partial charge in [-0.15, -0.1) is 23.4 Å². The summed E-state index contributed by atoms with van der Waals surface area (Å²) < 4.78 is 1.79. The van der Waals surface area contributed by atoms with Crippen LogP contribution >= 0.6 is 11.8 Å². The predicted octanol–water partition coefficient (Wildman–Crippen LogP) is 0.566. The Morgan fingerprint density at radius 1 is 1.42 bits per heavy atom. The summed E-state index contributed by atoms with van der Waals surface area (Å²) >= 11 is 1.35. The molecule has 0 saturated carbocycles. The van der Waals surface area contributed by atoms with Gasteiger partial charge < -0.3 is 15.2 Å². The number of carbonyl (C=O) groups excluding carboxylic acids is 1. The normalized spacial score (nSPS) is 10.2. The molecule has 1 heterocycles. The molecule has 0 fully saturated rings. The molecule has 1 aromatic rings. The molecule has 19 heavy (non-hydrogen) atoms. The number of carbonyl (C=O) groups is 1. The molecule has 1 amide bonds. The zero-order valence-corrected chi connectivity index (χ0v) is 11.9. The fraction of sp³-hybridized carbons (Fsp3) is 0.417. The van der Waals surface area contributed by atoms with E-state index in [1.54, 1.807) is 21.6 Å². The van der Waals surface area contributed by atoms with Crippen molar-refractivity contribution in [3.63, 3.8) is 0 Å². The minimum atomic E-state index is 0.0158. The van der Waals surface area contributed by atoms with E-state index in [9.17, 15) is 4.79 Å². The van der Waals surface area contributed by atoms with Gasteiger partial charge in [0, 0.05) is 20.1 Å². The van der Waals surface area contributed by atoms with E-state index in [1.165, 1.54) is 11.8 Å². The summed E-state index contributed by atoms with van der Waals surface area (Å²) in [7, 11) is 1.83. The lowest BCUT2D eigenvalue weighted by molar-refractivity contribution is -0.127. The highest BCUT2D eigenvalue weighted by atomic mass is 32.2. The molecule has 0 spiro atoms. The van der Waals surface area contributed by atoms with E-state index < -0.39 is 0 Å². The maximum atomic E-state index is 12.0. The van der Waals surface area contributed by atoms with Gasteiger partial charge in [0.15, 0.2) is 5.16 Å². The molecule has 104 valence electrons. The average Bonchev–Trinajstić information content (AvgIpc) is 2.76. The third-order valence-electron chi connectivity index (χ3n) is 2.48. The van der Waals surface area contributed by atoms with E-state index in [0.717, 1.165) is 0 Å². The van der Waals surface area contributed by atoms with Gasteiger partial charge in [0.1, 0.15) is 5.82 Å². The van der Waals surface area contributed by atoms with Crippen molar-refractivity contribution in [3.8, 4) is 0 Å². The fourth-order valence-corrected chi connectivity index (χ4v) is 2.29. The van der Waals surface area contributed by atoms with Crippen LogP contribution < -0.4 is 5.73 Å². The van der Waals surface area contributed by atoms with E-state index >= 15 is 0 Å². The van der Waals surface area contributed by atoms with Crippen molar-refractivity contribution in [2.45, 2.75) is 11.7 Å². The zero-order chi connectivity index (χ0) is 14.3. The lowest BCUT2D eigenvalue weighted by Crippen LogP contribution is -2.32. The summed E-state index contributed by atoms with van der Waals surface area (Å²) in [5.41, 5.74) is 5.52. The first-order valence-electron chi connectivity index (χ1n) is 5.84. The van der Waals surface area contributed by atoms with Gasteiger partial charge in [-0.2, -0.15) is 0 Å². The number of nitrogens with zero attached hydrogens (tertiary/aromatic N) is 4. The first kappa shape index (κ1) is 15.5. The number of thioether (sulfide) groups is 1. The SMILES string of the molecule is C=CCN(CC=C)C(=O)CSc1nnc(CN)n1C. The minimum absolute atomic E-state index is 0.0158. The number of rotatable bonds is 8. The molecule has 1 aromatic heterocycles. The summed E-state index contributed by atoms with van der Waals surface area (Å²) in [5, 5.41) is 8.62. The van der Waals surface area contributed by atoms with Crippen molar-refractivity contribution in [1.82, 2.24) is 19.7 Å². The standard InChI is InChI=1S/C12H19N5OS/c1-4-6-17(7-5-2)11(18)9-19-12-15-14-10(8-13)16(12)3/h4-5H,1-2,6-9,13H2,3H3. The van der Waals surface area contributed by atoms with Crippen LogP contribution in [0.3, 0.4) is 0 Å². The molecule has 0 atom stereocenters. The Morgan fingerprint density at radius 2 is 2.05 bits per heavy atom. The number of aromatic nitrogens is 3. The van der Waals surface area contributed by atoms with Crippen molar-refractivity contribution in [3.05, 3.63) is 31.1 Å². The first-order chi connectivity index (χ1) is 9.13. The molecule has 0 bridgehead atoms. The Hall–Kier alpha value is -1.60. The van der Waals surface area contributed by atoms with E-state index in [-0.39, 0.29) is 5.91 Å². The van der Waals surface area contributed by atoms with Crippen LogP contribution in [0.15, 0.2) is 30.5 Å². The molecule has 0 unspecified atom stereocenters. The smallest absolute Gasteiger partial charge is 0.233 e. The molecule has 0 aliphatic carbocycles. The van der Waals surface area contributed by atoms with Crippen molar-refractivity contribution < 1.29 is 4.79 Å². The molecule has 0 radical (unpaired) electrons. The zero-order valence-electron chi connectivity index (χ0n) is 11.1. The molecule has 7 heteroatoms. The molecular weight excluding hydrogens is 262 g/mol. The van der Waals surface area contributed by atoms with Crippen LogP contribution in [0.25, 0.3) is 0 Å². The minimum Gasteiger partial charge on any atom is -0.335 e.